The van der Waals surface area contributed by atoms with Crippen LogP contribution in [0.3, 0.4) is 0 Å². The quantitative estimate of drug-likeness (QED) is 0.895. The number of urea groups is 1. The molecule has 3 rings (SSSR count). The van der Waals surface area contributed by atoms with E-state index in [9.17, 15) is 13.2 Å². The molecule has 1 N–H and O–H groups in total. The maximum atomic E-state index is 12.6. The zero-order chi connectivity index (χ0) is 18.6. The van der Waals surface area contributed by atoms with E-state index in [-0.39, 0.29) is 17.0 Å². The van der Waals surface area contributed by atoms with Crippen molar-refractivity contribution in [2.24, 2.45) is 0 Å². The highest BCUT2D eigenvalue weighted by Crippen LogP contribution is 2.18. The molecular formula is C19H23N3O3S. The molecule has 1 heterocycles. The zero-order valence-electron chi connectivity index (χ0n) is 14.7. The zero-order valence-corrected chi connectivity index (χ0v) is 15.5. The fraction of sp³-hybridized carbons (Fsp3) is 0.316. The van der Waals surface area contributed by atoms with E-state index in [0.29, 0.717) is 26.2 Å². The normalized spacial score (nSPS) is 16.9. The first-order valence-electron chi connectivity index (χ1n) is 8.64. The molecule has 2 aromatic carbocycles. The number of nitrogens with one attached hydrogen (secondary N) is 1. The highest BCUT2D eigenvalue weighted by Gasteiger charge is 2.30. The van der Waals surface area contributed by atoms with Gasteiger partial charge in [0.1, 0.15) is 0 Å². The number of nitrogens with zero attached hydrogens (tertiary/aromatic N) is 2. The van der Waals surface area contributed by atoms with Crippen LogP contribution in [0, 0.1) is 0 Å². The largest absolute Gasteiger partial charge is 0.331 e. The SMILES string of the molecule is C[C@H](NC(=O)N1CCN(S(=O)(=O)c2ccccc2)CC1)c1ccccc1. The van der Waals surface area contributed by atoms with Crippen molar-refractivity contribution in [2.45, 2.75) is 17.9 Å². The molecule has 1 aliphatic rings. The Hall–Kier alpha value is -2.38. The molecule has 1 fully saturated rings. The lowest BCUT2D eigenvalue weighted by molar-refractivity contribution is 0.169. The van der Waals surface area contributed by atoms with E-state index in [1.54, 1.807) is 35.2 Å². The maximum absolute atomic E-state index is 12.6. The number of amides is 2. The van der Waals surface area contributed by atoms with Gasteiger partial charge in [-0.15, -0.1) is 0 Å². The number of hydrogen-bond acceptors (Lipinski definition) is 3. The Morgan fingerprint density at radius 3 is 2.04 bits per heavy atom. The minimum Gasteiger partial charge on any atom is -0.331 e. The molecule has 0 aromatic heterocycles. The summed E-state index contributed by atoms with van der Waals surface area (Å²) in [6.07, 6.45) is 0. The first-order valence-corrected chi connectivity index (χ1v) is 10.1. The first-order chi connectivity index (χ1) is 12.5. The molecule has 6 nitrogen and oxygen atoms in total. The third kappa shape index (κ3) is 4.05. The summed E-state index contributed by atoms with van der Waals surface area (Å²) in [4.78, 5) is 14.4. The van der Waals surface area contributed by atoms with Crippen LogP contribution < -0.4 is 5.32 Å². The van der Waals surface area contributed by atoms with Gasteiger partial charge in [-0.2, -0.15) is 4.31 Å². The average Bonchev–Trinajstić information content (AvgIpc) is 2.69. The van der Waals surface area contributed by atoms with Crippen LogP contribution in [-0.4, -0.2) is 49.8 Å². The van der Waals surface area contributed by atoms with E-state index in [2.05, 4.69) is 5.32 Å². The third-order valence-corrected chi connectivity index (χ3v) is 6.46. The van der Waals surface area contributed by atoms with Crippen molar-refractivity contribution in [3.05, 3.63) is 66.2 Å². The number of carbonyl (C=O) groups is 1. The number of piperazine rings is 1. The molecule has 2 amide bonds. The van der Waals surface area contributed by atoms with Gasteiger partial charge < -0.3 is 10.2 Å². The number of rotatable bonds is 4. The van der Waals surface area contributed by atoms with Crippen LogP contribution in [-0.2, 0) is 10.0 Å². The van der Waals surface area contributed by atoms with Crippen molar-refractivity contribution < 1.29 is 13.2 Å². The number of benzene rings is 2. The lowest BCUT2D eigenvalue weighted by Gasteiger charge is -2.34. The summed E-state index contributed by atoms with van der Waals surface area (Å²) < 4.78 is 26.7. The van der Waals surface area contributed by atoms with Gasteiger partial charge in [0, 0.05) is 26.2 Å². The van der Waals surface area contributed by atoms with Gasteiger partial charge in [-0.25, -0.2) is 13.2 Å². The van der Waals surface area contributed by atoms with E-state index >= 15 is 0 Å². The summed E-state index contributed by atoms with van der Waals surface area (Å²) in [6, 6.07) is 17.9. The highest BCUT2D eigenvalue weighted by atomic mass is 32.2. The van der Waals surface area contributed by atoms with Crippen LogP contribution in [0.5, 0.6) is 0 Å². The van der Waals surface area contributed by atoms with E-state index in [1.165, 1.54) is 4.31 Å². The second kappa shape index (κ2) is 7.88. The lowest BCUT2D eigenvalue weighted by atomic mass is 10.1. The number of carbonyl (C=O) groups excluding carboxylic acids is 1. The Kier molecular flexibility index (Phi) is 5.58. The summed E-state index contributed by atoms with van der Waals surface area (Å²) in [5.41, 5.74) is 1.03. The van der Waals surface area contributed by atoms with Gasteiger partial charge in [0.05, 0.1) is 10.9 Å². The molecular weight excluding hydrogens is 350 g/mol. The highest BCUT2D eigenvalue weighted by molar-refractivity contribution is 7.89. The Morgan fingerprint density at radius 1 is 0.923 bits per heavy atom. The second-order valence-corrected chi connectivity index (χ2v) is 8.22. The predicted molar refractivity (Wildman–Crippen MR) is 100 cm³/mol. The molecule has 0 aliphatic carbocycles. The van der Waals surface area contributed by atoms with E-state index in [1.807, 2.05) is 37.3 Å². The molecule has 7 heteroatoms. The predicted octanol–water partition coefficient (Wildman–Crippen LogP) is 2.46. The fourth-order valence-electron chi connectivity index (χ4n) is 2.97. The molecule has 0 radical (unpaired) electrons. The molecule has 138 valence electrons. The Bertz CT molecular complexity index is 833. The molecule has 1 atom stereocenters. The number of sulfonamides is 1. The standard InChI is InChI=1S/C19H23N3O3S/c1-16(17-8-4-2-5-9-17)20-19(23)21-12-14-22(15-13-21)26(24,25)18-10-6-3-7-11-18/h2-11,16H,12-15H2,1H3,(H,20,23)/t16-/m0/s1. The topological polar surface area (TPSA) is 69.7 Å². The first kappa shape index (κ1) is 18.4. The maximum Gasteiger partial charge on any atom is 0.317 e. The van der Waals surface area contributed by atoms with Gasteiger partial charge in [-0.05, 0) is 24.6 Å². The third-order valence-electron chi connectivity index (χ3n) is 4.55. The molecule has 2 aromatic rings. The summed E-state index contributed by atoms with van der Waals surface area (Å²) in [6.45, 7) is 3.27. The fourth-order valence-corrected chi connectivity index (χ4v) is 4.42. The van der Waals surface area contributed by atoms with Gasteiger partial charge in [0.25, 0.3) is 0 Å². The second-order valence-electron chi connectivity index (χ2n) is 6.29. The van der Waals surface area contributed by atoms with Gasteiger partial charge >= 0.3 is 6.03 Å². The Labute approximate surface area is 154 Å². The molecule has 1 saturated heterocycles. The summed E-state index contributed by atoms with van der Waals surface area (Å²) >= 11 is 0. The van der Waals surface area contributed by atoms with Crippen LogP contribution in [0.25, 0.3) is 0 Å². The van der Waals surface area contributed by atoms with E-state index in [4.69, 9.17) is 0 Å². The smallest absolute Gasteiger partial charge is 0.317 e. The van der Waals surface area contributed by atoms with Crippen molar-refractivity contribution in [1.82, 2.24) is 14.5 Å². The van der Waals surface area contributed by atoms with Gasteiger partial charge in [-0.1, -0.05) is 48.5 Å². The molecule has 26 heavy (non-hydrogen) atoms. The van der Waals surface area contributed by atoms with Crippen molar-refractivity contribution >= 4 is 16.1 Å². The van der Waals surface area contributed by atoms with Gasteiger partial charge in [-0.3, -0.25) is 0 Å². The monoisotopic (exact) mass is 373 g/mol. The minimum absolute atomic E-state index is 0.102. The van der Waals surface area contributed by atoms with Crippen molar-refractivity contribution in [2.75, 3.05) is 26.2 Å². The van der Waals surface area contributed by atoms with Gasteiger partial charge in [0.2, 0.25) is 10.0 Å². The van der Waals surface area contributed by atoms with Crippen LogP contribution in [0.15, 0.2) is 65.6 Å². The molecule has 0 unspecified atom stereocenters. The lowest BCUT2D eigenvalue weighted by Crippen LogP contribution is -2.53. The summed E-state index contributed by atoms with van der Waals surface area (Å²) in [5.74, 6) is 0. The van der Waals surface area contributed by atoms with Crippen LogP contribution >= 0.6 is 0 Å². The Balaban J connectivity index is 1.57. The molecule has 1 aliphatic heterocycles. The van der Waals surface area contributed by atoms with Crippen LogP contribution in [0.4, 0.5) is 4.79 Å². The molecule has 0 saturated carbocycles. The van der Waals surface area contributed by atoms with Gasteiger partial charge in [0.15, 0.2) is 0 Å². The Morgan fingerprint density at radius 2 is 1.46 bits per heavy atom. The average molecular weight is 373 g/mol. The minimum atomic E-state index is -3.50. The summed E-state index contributed by atoms with van der Waals surface area (Å²) in [5, 5.41) is 2.97. The molecule has 0 spiro atoms. The van der Waals surface area contributed by atoms with E-state index in [0.717, 1.165) is 5.56 Å². The number of hydrogen-bond donors (Lipinski definition) is 1. The van der Waals surface area contributed by atoms with E-state index < -0.39 is 10.0 Å². The summed E-state index contributed by atoms with van der Waals surface area (Å²) in [7, 11) is -3.50. The van der Waals surface area contributed by atoms with Crippen molar-refractivity contribution in [1.29, 1.82) is 0 Å². The van der Waals surface area contributed by atoms with Crippen LogP contribution in [0.1, 0.15) is 18.5 Å². The van der Waals surface area contributed by atoms with Crippen molar-refractivity contribution in [3.63, 3.8) is 0 Å². The molecule has 0 bridgehead atoms. The van der Waals surface area contributed by atoms with Crippen molar-refractivity contribution in [3.8, 4) is 0 Å². The van der Waals surface area contributed by atoms with Crippen LogP contribution in [0.2, 0.25) is 0 Å².